The van der Waals surface area contributed by atoms with Gasteiger partial charge in [-0.2, -0.15) is 5.10 Å². The number of para-hydroxylation sites is 1. The Morgan fingerprint density at radius 2 is 1.72 bits per heavy atom. The average Bonchev–Trinajstić information content (AvgIpc) is 3.35. The van der Waals surface area contributed by atoms with E-state index >= 15 is 0 Å². The molecule has 0 aromatic heterocycles. The van der Waals surface area contributed by atoms with Crippen LogP contribution in [0.5, 0.6) is 0 Å². The van der Waals surface area contributed by atoms with Gasteiger partial charge in [0.1, 0.15) is 0 Å². The van der Waals surface area contributed by atoms with Crippen molar-refractivity contribution in [2.24, 2.45) is 10.1 Å². The molecule has 4 aromatic rings. The number of hydrogen-bond acceptors (Lipinski definition) is 4. The Kier molecular flexibility index (Phi) is 7.05. The summed E-state index contributed by atoms with van der Waals surface area (Å²) in [6.07, 6.45) is 2.63. The number of anilines is 2. The molecule has 178 valence electrons. The van der Waals surface area contributed by atoms with Crippen LogP contribution in [0.15, 0.2) is 118 Å². The molecule has 1 unspecified atom stereocenters. The topological polar surface area (TPSA) is 57.1 Å². The van der Waals surface area contributed by atoms with Gasteiger partial charge in [0.15, 0.2) is 0 Å². The molecule has 6 heteroatoms. The minimum Gasteiger partial charge on any atom is -0.326 e. The predicted octanol–water partition coefficient (Wildman–Crippen LogP) is 7.51. The Balaban J connectivity index is 1.39. The van der Waals surface area contributed by atoms with E-state index in [4.69, 9.17) is 5.10 Å². The summed E-state index contributed by atoms with van der Waals surface area (Å²) in [6, 6.07) is 34.6. The molecular formula is C30H25BrN4O. The fourth-order valence-corrected chi connectivity index (χ4v) is 4.48. The van der Waals surface area contributed by atoms with Crippen LogP contribution in [0, 0.1) is 0 Å². The molecule has 0 bridgehead atoms. The molecule has 1 N–H and O–H groups in total. The molecule has 1 aliphatic heterocycles. The zero-order valence-electron chi connectivity index (χ0n) is 19.8. The SMILES string of the molecule is CC(=O)Nc1ccc(C=Nc2cccc(C3=NN(c4ccccc4)C(c4ccc(Br)cc4)C3)c2)cc1. The highest BCUT2D eigenvalue weighted by molar-refractivity contribution is 9.10. The summed E-state index contributed by atoms with van der Waals surface area (Å²) in [5, 5.41) is 9.94. The number of amides is 1. The predicted molar refractivity (Wildman–Crippen MR) is 151 cm³/mol. The van der Waals surface area contributed by atoms with Gasteiger partial charge >= 0.3 is 0 Å². The van der Waals surface area contributed by atoms with Crippen molar-refractivity contribution in [1.82, 2.24) is 0 Å². The molecule has 1 amide bonds. The molecular weight excluding hydrogens is 512 g/mol. The third kappa shape index (κ3) is 5.61. The Labute approximate surface area is 219 Å². The van der Waals surface area contributed by atoms with Crippen LogP contribution < -0.4 is 10.3 Å². The largest absolute Gasteiger partial charge is 0.326 e. The van der Waals surface area contributed by atoms with Crippen molar-refractivity contribution in [2.75, 3.05) is 10.3 Å². The summed E-state index contributed by atoms with van der Waals surface area (Å²) in [5.74, 6) is -0.0868. The number of aliphatic imine (C=N–C) groups is 1. The number of benzene rings is 4. The van der Waals surface area contributed by atoms with Crippen LogP contribution in [0.4, 0.5) is 17.1 Å². The summed E-state index contributed by atoms with van der Waals surface area (Å²) in [4.78, 5) is 15.9. The first kappa shape index (κ1) is 23.7. The number of hydrogen-bond donors (Lipinski definition) is 1. The summed E-state index contributed by atoms with van der Waals surface area (Å²) >= 11 is 3.54. The monoisotopic (exact) mass is 536 g/mol. The molecule has 1 heterocycles. The van der Waals surface area contributed by atoms with Gasteiger partial charge in [-0.25, -0.2) is 0 Å². The van der Waals surface area contributed by atoms with E-state index in [-0.39, 0.29) is 11.9 Å². The second kappa shape index (κ2) is 10.7. The number of nitrogens with one attached hydrogen (secondary N) is 1. The molecule has 0 spiro atoms. The normalized spacial score (nSPS) is 15.2. The van der Waals surface area contributed by atoms with E-state index in [2.05, 4.69) is 79.8 Å². The number of halogens is 1. The standard InChI is InChI=1S/C30H25BrN4O/c1-21(36)33-26-16-10-22(11-17-26)20-32-27-7-5-6-24(18-27)29-19-30(23-12-14-25(31)15-13-23)35(34-29)28-8-3-2-4-9-28/h2-18,20,30H,19H2,1H3,(H,33,36). The molecule has 5 rings (SSSR count). The summed E-state index contributed by atoms with van der Waals surface area (Å²) in [7, 11) is 0. The molecule has 0 fully saturated rings. The van der Waals surface area contributed by atoms with Crippen LogP contribution in [-0.2, 0) is 4.79 Å². The zero-order valence-corrected chi connectivity index (χ0v) is 21.4. The van der Waals surface area contributed by atoms with Crippen LogP contribution in [0.3, 0.4) is 0 Å². The molecule has 0 aliphatic carbocycles. The maximum Gasteiger partial charge on any atom is 0.221 e. The Hall–Kier alpha value is -4.03. The minimum atomic E-state index is -0.0868. The van der Waals surface area contributed by atoms with Crippen molar-refractivity contribution >= 4 is 50.8 Å². The maximum absolute atomic E-state index is 11.2. The molecule has 0 saturated carbocycles. The van der Waals surface area contributed by atoms with Crippen LogP contribution in [0.1, 0.15) is 36.1 Å². The van der Waals surface area contributed by atoms with Crippen LogP contribution in [0.25, 0.3) is 0 Å². The van der Waals surface area contributed by atoms with E-state index in [1.54, 1.807) is 0 Å². The summed E-state index contributed by atoms with van der Waals surface area (Å²) < 4.78 is 1.06. The highest BCUT2D eigenvalue weighted by Gasteiger charge is 2.29. The van der Waals surface area contributed by atoms with Gasteiger partial charge in [0, 0.05) is 29.7 Å². The average molecular weight is 537 g/mol. The van der Waals surface area contributed by atoms with Gasteiger partial charge in [0.2, 0.25) is 5.91 Å². The van der Waals surface area contributed by atoms with Crippen molar-refractivity contribution in [1.29, 1.82) is 0 Å². The molecule has 1 aliphatic rings. The summed E-state index contributed by atoms with van der Waals surface area (Å²) in [6.45, 7) is 1.50. The zero-order chi connectivity index (χ0) is 24.9. The number of rotatable bonds is 6. The first-order valence-electron chi connectivity index (χ1n) is 11.7. The molecule has 1 atom stereocenters. The molecule has 0 saturated heterocycles. The van der Waals surface area contributed by atoms with Crippen molar-refractivity contribution in [3.05, 3.63) is 124 Å². The third-order valence-electron chi connectivity index (χ3n) is 5.96. The first-order valence-corrected chi connectivity index (χ1v) is 12.5. The van der Waals surface area contributed by atoms with Crippen molar-refractivity contribution in [3.8, 4) is 0 Å². The fourth-order valence-electron chi connectivity index (χ4n) is 4.22. The highest BCUT2D eigenvalue weighted by Crippen LogP contribution is 2.37. The minimum absolute atomic E-state index is 0.0868. The summed E-state index contributed by atoms with van der Waals surface area (Å²) in [5.41, 5.74) is 6.96. The maximum atomic E-state index is 11.2. The molecule has 36 heavy (non-hydrogen) atoms. The van der Waals surface area contributed by atoms with Crippen LogP contribution in [-0.4, -0.2) is 17.8 Å². The van der Waals surface area contributed by atoms with Crippen LogP contribution in [0.2, 0.25) is 0 Å². The van der Waals surface area contributed by atoms with Crippen molar-refractivity contribution in [2.45, 2.75) is 19.4 Å². The Bertz CT molecular complexity index is 1410. The number of nitrogens with zero attached hydrogens (tertiary/aromatic N) is 3. The highest BCUT2D eigenvalue weighted by atomic mass is 79.9. The number of carbonyl (C=O) groups excluding carboxylic acids is 1. The van der Waals surface area contributed by atoms with Gasteiger partial charge in [-0.1, -0.05) is 70.5 Å². The lowest BCUT2D eigenvalue weighted by Gasteiger charge is -2.24. The lowest BCUT2D eigenvalue weighted by molar-refractivity contribution is -0.114. The number of carbonyl (C=O) groups is 1. The van der Waals surface area contributed by atoms with Gasteiger partial charge in [-0.05, 0) is 65.2 Å². The fraction of sp³-hybridized carbons (Fsp3) is 0.100. The van der Waals surface area contributed by atoms with Crippen molar-refractivity contribution in [3.63, 3.8) is 0 Å². The van der Waals surface area contributed by atoms with Gasteiger partial charge in [0.05, 0.1) is 23.1 Å². The van der Waals surface area contributed by atoms with E-state index in [9.17, 15) is 4.79 Å². The van der Waals surface area contributed by atoms with Gasteiger partial charge in [0.25, 0.3) is 0 Å². The quantitative estimate of drug-likeness (QED) is 0.259. The van der Waals surface area contributed by atoms with Crippen LogP contribution >= 0.6 is 15.9 Å². The van der Waals surface area contributed by atoms with E-state index < -0.39 is 0 Å². The smallest absolute Gasteiger partial charge is 0.221 e. The van der Waals surface area contributed by atoms with E-state index in [0.29, 0.717) is 0 Å². The second-order valence-electron chi connectivity index (χ2n) is 8.61. The van der Waals surface area contributed by atoms with Gasteiger partial charge < -0.3 is 5.32 Å². The van der Waals surface area contributed by atoms with E-state index in [1.165, 1.54) is 12.5 Å². The lowest BCUT2D eigenvalue weighted by Crippen LogP contribution is -2.18. The Morgan fingerprint density at radius 3 is 2.44 bits per heavy atom. The second-order valence-corrected chi connectivity index (χ2v) is 9.53. The molecule has 5 nitrogen and oxygen atoms in total. The van der Waals surface area contributed by atoms with Gasteiger partial charge in [-0.15, -0.1) is 0 Å². The Morgan fingerprint density at radius 1 is 0.972 bits per heavy atom. The van der Waals surface area contributed by atoms with Crippen molar-refractivity contribution < 1.29 is 4.79 Å². The third-order valence-corrected chi connectivity index (χ3v) is 6.49. The van der Waals surface area contributed by atoms with E-state index in [0.717, 1.165) is 44.8 Å². The van der Waals surface area contributed by atoms with Gasteiger partial charge in [-0.3, -0.25) is 14.8 Å². The first-order chi connectivity index (χ1) is 17.5. The van der Waals surface area contributed by atoms with E-state index in [1.807, 2.05) is 60.8 Å². The lowest BCUT2D eigenvalue weighted by atomic mass is 9.98. The molecule has 0 radical (unpaired) electrons. The number of hydrazone groups is 1. The molecule has 4 aromatic carbocycles.